The minimum Gasteiger partial charge on any atom is -0.382 e. The first-order valence-electron chi connectivity index (χ1n) is 12.1. The molecule has 0 aliphatic carbocycles. The molecular formula is C30H29N3O. The molecule has 1 fully saturated rings. The van der Waals surface area contributed by atoms with Crippen LogP contribution in [0.25, 0.3) is 0 Å². The average Bonchev–Trinajstić information content (AvgIpc) is 3.60. The van der Waals surface area contributed by atoms with E-state index in [1.165, 1.54) is 0 Å². The normalized spacial score (nSPS) is 19.3. The zero-order valence-corrected chi connectivity index (χ0v) is 19.3. The Labute approximate surface area is 201 Å². The van der Waals surface area contributed by atoms with E-state index in [-0.39, 0.29) is 6.04 Å². The van der Waals surface area contributed by atoms with Gasteiger partial charge in [-0.15, -0.1) is 0 Å². The number of nitriles is 1. The summed E-state index contributed by atoms with van der Waals surface area (Å²) in [5.74, 6) is 0. The molecule has 0 radical (unpaired) electrons. The highest BCUT2D eigenvalue weighted by Gasteiger charge is 2.38. The molecular weight excluding hydrogens is 418 g/mol. The molecule has 3 aromatic rings. The molecule has 4 heteroatoms. The van der Waals surface area contributed by atoms with Gasteiger partial charge in [0.05, 0.1) is 17.9 Å². The van der Waals surface area contributed by atoms with Gasteiger partial charge in [-0.25, -0.2) is 0 Å². The standard InChI is InChI=1S/C30H29N3O/c31-21-27(28-17-10-20-32-28)29-19-18-26(33-29)22-34-30(23-11-4-1-5-12-23,24-13-6-2-7-14-24)25-15-8-3-9-16-25/h1-9,11-16,26,33H,10,17-20,22H2/b29-27-/t26-/m0/s1. The van der Waals surface area contributed by atoms with Crippen LogP contribution in [0, 0.1) is 11.3 Å². The molecule has 2 aliphatic heterocycles. The van der Waals surface area contributed by atoms with Crippen molar-refractivity contribution in [3.05, 3.63) is 119 Å². The Morgan fingerprint density at radius 3 is 1.91 bits per heavy atom. The van der Waals surface area contributed by atoms with Crippen LogP contribution in [-0.2, 0) is 10.3 Å². The van der Waals surface area contributed by atoms with Crippen molar-refractivity contribution in [3.8, 4) is 6.07 Å². The number of rotatable bonds is 7. The van der Waals surface area contributed by atoms with Crippen LogP contribution >= 0.6 is 0 Å². The highest BCUT2D eigenvalue weighted by Crippen LogP contribution is 2.41. The minimum absolute atomic E-state index is 0.135. The van der Waals surface area contributed by atoms with Crippen molar-refractivity contribution in [2.24, 2.45) is 4.99 Å². The van der Waals surface area contributed by atoms with Gasteiger partial charge >= 0.3 is 0 Å². The van der Waals surface area contributed by atoms with Crippen LogP contribution < -0.4 is 5.32 Å². The first kappa shape index (κ1) is 22.1. The molecule has 0 unspecified atom stereocenters. The van der Waals surface area contributed by atoms with Gasteiger partial charge in [0.15, 0.2) is 0 Å². The van der Waals surface area contributed by atoms with Crippen molar-refractivity contribution in [2.75, 3.05) is 13.2 Å². The topological polar surface area (TPSA) is 57.4 Å². The lowest BCUT2D eigenvalue weighted by atomic mass is 9.80. The molecule has 34 heavy (non-hydrogen) atoms. The second-order valence-electron chi connectivity index (χ2n) is 8.87. The van der Waals surface area contributed by atoms with Crippen molar-refractivity contribution in [1.29, 1.82) is 5.26 Å². The highest BCUT2D eigenvalue weighted by molar-refractivity contribution is 6.04. The summed E-state index contributed by atoms with van der Waals surface area (Å²) in [7, 11) is 0. The number of hydrogen-bond donors (Lipinski definition) is 1. The van der Waals surface area contributed by atoms with Crippen LogP contribution in [0.1, 0.15) is 42.4 Å². The summed E-state index contributed by atoms with van der Waals surface area (Å²) in [5.41, 5.74) is 5.27. The van der Waals surface area contributed by atoms with E-state index in [2.05, 4.69) is 89.2 Å². The molecule has 170 valence electrons. The first-order valence-corrected chi connectivity index (χ1v) is 12.1. The second kappa shape index (κ2) is 10.1. The van der Waals surface area contributed by atoms with E-state index in [0.717, 1.165) is 65.9 Å². The first-order chi connectivity index (χ1) is 16.8. The Bertz CT molecular complexity index is 1110. The molecule has 5 rings (SSSR count). The molecule has 2 heterocycles. The Morgan fingerprint density at radius 2 is 1.44 bits per heavy atom. The summed E-state index contributed by atoms with van der Waals surface area (Å²) >= 11 is 0. The Morgan fingerprint density at radius 1 is 0.882 bits per heavy atom. The summed E-state index contributed by atoms with van der Waals surface area (Å²) in [6.07, 6.45) is 3.72. The van der Waals surface area contributed by atoms with Gasteiger partial charge in [0.1, 0.15) is 11.7 Å². The van der Waals surface area contributed by atoms with Gasteiger partial charge in [-0.05, 0) is 42.4 Å². The van der Waals surface area contributed by atoms with Crippen molar-refractivity contribution >= 4 is 5.71 Å². The molecule has 1 atom stereocenters. The number of benzene rings is 3. The third kappa shape index (κ3) is 4.27. The molecule has 2 aliphatic rings. The van der Waals surface area contributed by atoms with E-state index in [0.29, 0.717) is 6.61 Å². The molecule has 0 amide bonds. The summed E-state index contributed by atoms with van der Waals surface area (Å²) in [6.45, 7) is 1.35. The van der Waals surface area contributed by atoms with Crippen molar-refractivity contribution in [3.63, 3.8) is 0 Å². The quantitative estimate of drug-likeness (QED) is 0.370. The number of nitrogens with zero attached hydrogens (tertiary/aromatic N) is 2. The van der Waals surface area contributed by atoms with Crippen molar-refractivity contribution < 1.29 is 4.74 Å². The lowest BCUT2D eigenvalue weighted by Gasteiger charge is -2.36. The Hall–Kier alpha value is -3.68. The van der Waals surface area contributed by atoms with Gasteiger partial charge in [-0.3, -0.25) is 4.99 Å². The number of ether oxygens (including phenoxy) is 1. The SMILES string of the molecule is N#C/C(C1=NCCC1)=C1\CC[C@@H](COC(c2ccccc2)(c2ccccc2)c2ccccc2)N1. The maximum absolute atomic E-state index is 9.78. The number of hydrogen-bond acceptors (Lipinski definition) is 4. The van der Waals surface area contributed by atoms with Gasteiger partial charge in [0.2, 0.25) is 0 Å². The van der Waals surface area contributed by atoms with Gasteiger partial charge < -0.3 is 10.1 Å². The van der Waals surface area contributed by atoms with E-state index in [1.807, 2.05) is 18.2 Å². The Kier molecular flexibility index (Phi) is 6.56. The predicted molar refractivity (Wildman–Crippen MR) is 135 cm³/mol. The lowest BCUT2D eigenvalue weighted by molar-refractivity contribution is 0.00293. The zero-order valence-electron chi connectivity index (χ0n) is 19.3. The molecule has 0 spiro atoms. The minimum atomic E-state index is -0.731. The largest absolute Gasteiger partial charge is 0.382 e. The molecule has 3 aromatic carbocycles. The number of allylic oxidation sites excluding steroid dienone is 2. The fourth-order valence-electron chi connectivity index (χ4n) is 5.08. The summed E-state index contributed by atoms with van der Waals surface area (Å²) in [4.78, 5) is 4.55. The molecule has 0 aromatic heterocycles. The third-order valence-corrected chi connectivity index (χ3v) is 6.74. The van der Waals surface area contributed by atoms with Crippen LogP contribution in [-0.4, -0.2) is 24.9 Å². The fourth-order valence-corrected chi connectivity index (χ4v) is 5.08. The van der Waals surface area contributed by atoms with Crippen molar-refractivity contribution in [1.82, 2.24) is 5.32 Å². The van der Waals surface area contributed by atoms with Crippen LogP contribution in [0.4, 0.5) is 0 Å². The summed E-state index contributed by atoms with van der Waals surface area (Å²) < 4.78 is 6.96. The van der Waals surface area contributed by atoms with E-state index in [4.69, 9.17) is 4.74 Å². The highest BCUT2D eigenvalue weighted by atomic mass is 16.5. The zero-order chi connectivity index (χ0) is 23.2. The van der Waals surface area contributed by atoms with E-state index in [9.17, 15) is 5.26 Å². The number of nitrogens with one attached hydrogen (secondary N) is 1. The van der Waals surface area contributed by atoms with Crippen LogP contribution in [0.2, 0.25) is 0 Å². The van der Waals surface area contributed by atoms with Gasteiger partial charge in [-0.1, -0.05) is 91.0 Å². The fraction of sp³-hybridized carbons (Fsp3) is 0.267. The van der Waals surface area contributed by atoms with E-state index in [1.54, 1.807) is 0 Å². The predicted octanol–water partition coefficient (Wildman–Crippen LogP) is 5.76. The van der Waals surface area contributed by atoms with Crippen LogP contribution in [0.5, 0.6) is 0 Å². The van der Waals surface area contributed by atoms with E-state index >= 15 is 0 Å². The number of aliphatic imine (C=N–C) groups is 1. The molecule has 1 saturated heterocycles. The van der Waals surface area contributed by atoms with Gasteiger partial charge in [0, 0.05) is 18.3 Å². The summed E-state index contributed by atoms with van der Waals surface area (Å²) in [5, 5.41) is 13.4. The smallest absolute Gasteiger partial charge is 0.143 e. The van der Waals surface area contributed by atoms with E-state index < -0.39 is 5.60 Å². The second-order valence-corrected chi connectivity index (χ2v) is 8.87. The molecule has 4 nitrogen and oxygen atoms in total. The van der Waals surface area contributed by atoms with Crippen LogP contribution in [0.15, 0.2) is 107 Å². The maximum Gasteiger partial charge on any atom is 0.143 e. The van der Waals surface area contributed by atoms with Gasteiger partial charge in [0.25, 0.3) is 0 Å². The molecule has 1 N–H and O–H groups in total. The molecule has 0 saturated carbocycles. The summed E-state index contributed by atoms with van der Waals surface area (Å²) in [6, 6.07) is 33.9. The van der Waals surface area contributed by atoms with Crippen LogP contribution in [0.3, 0.4) is 0 Å². The monoisotopic (exact) mass is 447 g/mol. The third-order valence-electron chi connectivity index (χ3n) is 6.74. The van der Waals surface area contributed by atoms with Crippen molar-refractivity contribution in [2.45, 2.75) is 37.3 Å². The lowest BCUT2D eigenvalue weighted by Crippen LogP contribution is -2.38. The maximum atomic E-state index is 9.78. The average molecular weight is 448 g/mol. The van der Waals surface area contributed by atoms with Gasteiger partial charge in [-0.2, -0.15) is 5.26 Å². The Balaban J connectivity index is 1.49. The molecule has 0 bridgehead atoms.